The molecular weight excluding hydrogens is 524 g/mol. The molecule has 9 heteroatoms. The van der Waals surface area contributed by atoms with Crippen LogP contribution in [-0.4, -0.2) is 56.2 Å². The summed E-state index contributed by atoms with van der Waals surface area (Å²) in [5.74, 6) is 2.46. The smallest absolute Gasteiger partial charge is 0.228 e. The van der Waals surface area contributed by atoms with Crippen LogP contribution >= 0.6 is 0 Å². The summed E-state index contributed by atoms with van der Waals surface area (Å²) in [4.78, 5) is 16.1. The molecule has 2 aromatic carbocycles. The van der Waals surface area contributed by atoms with Crippen LogP contribution in [0.3, 0.4) is 0 Å². The number of hydrogen-bond acceptors (Lipinski definition) is 9. The number of aryl methyl sites for hydroxylation is 1. The van der Waals surface area contributed by atoms with Gasteiger partial charge in [-0.15, -0.1) is 10.2 Å². The molecule has 212 valence electrons. The van der Waals surface area contributed by atoms with Crippen LogP contribution in [0.1, 0.15) is 24.8 Å². The number of likely N-dealkylation sites (tertiary alicyclic amines) is 1. The van der Waals surface area contributed by atoms with Gasteiger partial charge in [0, 0.05) is 30.2 Å². The summed E-state index contributed by atoms with van der Waals surface area (Å²) in [5.41, 5.74) is 5.32. The molecule has 1 saturated heterocycles. The Balaban J connectivity index is 1.09. The number of benzene rings is 2. The molecular formula is C33H34N8O. The van der Waals surface area contributed by atoms with E-state index in [-0.39, 0.29) is 0 Å². The summed E-state index contributed by atoms with van der Waals surface area (Å²) >= 11 is 0. The summed E-state index contributed by atoms with van der Waals surface area (Å²) in [6.45, 7) is 6.39. The maximum Gasteiger partial charge on any atom is 0.228 e. The molecule has 1 fully saturated rings. The zero-order valence-electron chi connectivity index (χ0n) is 23.7. The first-order valence-electron chi connectivity index (χ1n) is 14.4. The van der Waals surface area contributed by atoms with E-state index in [0.717, 1.165) is 53.3 Å². The predicted molar refractivity (Wildman–Crippen MR) is 166 cm³/mol. The van der Waals surface area contributed by atoms with E-state index in [4.69, 9.17) is 9.72 Å². The molecule has 2 N–H and O–H groups in total. The van der Waals surface area contributed by atoms with Crippen molar-refractivity contribution >= 4 is 17.5 Å². The van der Waals surface area contributed by atoms with E-state index in [1.54, 1.807) is 12.4 Å². The minimum atomic E-state index is 0.482. The molecule has 5 aromatic rings. The normalized spacial score (nSPS) is 13.2. The fourth-order valence-electron chi connectivity index (χ4n) is 4.98. The Kier molecular flexibility index (Phi) is 8.56. The minimum absolute atomic E-state index is 0.482. The molecule has 0 bridgehead atoms. The van der Waals surface area contributed by atoms with Gasteiger partial charge < -0.3 is 20.3 Å². The molecule has 4 heterocycles. The van der Waals surface area contributed by atoms with Crippen molar-refractivity contribution in [2.45, 2.75) is 26.2 Å². The van der Waals surface area contributed by atoms with Crippen LogP contribution in [0.5, 0.6) is 11.6 Å². The summed E-state index contributed by atoms with van der Waals surface area (Å²) in [7, 11) is 0. The number of nitrogens with one attached hydrogen (secondary N) is 2. The van der Waals surface area contributed by atoms with Gasteiger partial charge >= 0.3 is 0 Å². The van der Waals surface area contributed by atoms with Crippen LogP contribution in [0, 0.1) is 6.92 Å². The Labute approximate surface area is 246 Å². The second-order valence-corrected chi connectivity index (χ2v) is 10.3. The highest BCUT2D eigenvalue weighted by molar-refractivity contribution is 5.67. The van der Waals surface area contributed by atoms with E-state index in [2.05, 4.69) is 35.7 Å². The Morgan fingerprint density at radius 1 is 0.833 bits per heavy atom. The van der Waals surface area contributed by atoms with Crippen molar-refractivity contribution in [2.75, 3.05) is 36.8 Å². The third-order valence-electron chi connectivity index (χ3n) is 7.22. The molecule has 0 unspecified atom stereocenters. The number of anilines is 3. The Bertz CT molecular complexity index is 1600. The number of pyridine rings is 1. The number of ether oxygens (including phenoxy) is 1. The molecule has 0 spiro atoms. The van der Waals surface area contributed by atoms with Crippen LogP contribution in [0.2, 0.25) is 0 Å². The Morgan fingerprint density at radius 2 is 1.67 bits per heavy atom. The van der Waals surface area contributed by atoms with Crippen LogP contribution in [0.25, 0.3) is 22.5 Å². The van der Waals surface area contributed by atoms with Gasteiger partial charge in [0.25, 0.3) is 0 Å². The van der Waals surface area contributed by atoms with Gasteiger partial charge in [-0.2, -0.15) is 0 Å². The SMILES string of the molecule is Cc1cc(-c2ccccc2)nnc1Nc1ccc(Oc2ncccc2-c2ccnc(NCCCN3CCCC3)n2)cc1. The fraction of sp³-hybridized carbons (Fsp3) is 0.242. The second-order valence-electron chi connectivity index (χ2n) is 10.3. The molecule has 3 aromatic heterocycles. The number of aromatic nitrogens is 5. The van der Waals surface area contributed by atoms with Crippen molar-refractivity contribution in [1.82, 2.24) is 30.0 Å². The molecule has 9 nitrogen and oxygen atoms in total. The number of nitrogens with zero attached hydrogens (tertiary/aromatic N) is 6. The van der Waals surface area contributed by atoms with Gasteiger partial charge in [-0.3, -0.25) is 0 Å². The molecule has 0 aliphatic carbocycles. The first-order chi connectivity index (χ1) is 20.7. The molecule has 0 radical (unpaired) electrons. The standard InChI is InChI=1S/C33H34N8O/c1-24-23-30(25-9-3-2-4-10-25)39-40-31(24)37-26-12-14-27(15-13-26)42-32-28(11-7-17-34-32)29-16-19-36-33(38-29)35-18-8-22-41-20-5-6-21-41/h2-4,7,9-17,19,23H,5-6,8,18,20-22H2,1H3,(H,37,40)(H,35,36,38). The van der Waals surface area contributed by atoms with E-state index in [1.165, 1.54) is 25.9 Å². The quantitative estimate of drug-likeness (QED) is 0.171. The second kappa shape index (κ2) is 13.2. The lowest BCUT2D eigenvalue weighted by Crippen LogP contribution is -2.22. The van der Waals surface area contributed by atoms with Crippen molar-refractivity contribution < 1.29 is 4.74 Å². The van der Waals surface area contributed by atoms with E-state index in [9.17, 15) is 0 Å². The average molecular weight is 559 g/mol. The highest BCUT2D eigenvalue weighted by Crippen LogP contribution is 2.31. The van der Waals surface area contributed by atoms with Crippen LogP contribution in [-0.2, 0) is 0 Å². The van der Waals surface area contributed by atoms with Gasteiger partial charge in [-0.05, 0) is 99.9 Å². The monoisotopic (exact) mass is 558 g/mol. The molecule has 1 aliphatic rings. The van der Waals surface area contributed by atoms with Gasteiger partial charge in [0.05, 0.1) is 17.0 Å². The molecule has 6 rings (SSSR count). The van der Waals surface area contributed by atoms with Crippen LogP contribution in [0.4, 0.5) is 17.5 Å². The third-order valence-corrected chi connectivity index (χ3v) is 7.22. The van der Waals surface area contributed by atoms with Crippen molar-refractivity contribution in [3.63, 3.8) is 0 Å². The summed E-state index contributed by atoms with van der Waals surface area (Å²) in [6, 6.07) is 25.5. The van der Waals surface area contributed by atoms with Gasteiger partial charge in [0.2, 0.25) is 11.8 Å². The zero-order valence-corrected chi connectivity index (χ0v) is 23.7. The average Bonchev–Trinajstić information content (AvgIpc) is 3.56. The fourth-order valence-corrected chi connectivity index (χ4v) is 4.98. The Morgan fingerprint density at radius 3 is 2.48 bits per heavy atom. The van der Waals surface area contributed by atoms with Crippen molar-refractivity contribution in [1.29, 1.82) is 0 Å². The Hall–Kier alpha value is -4.89. The predicted octanol–water partition coefficient (Wildman–Crippen LogP) is 6.74. The van der Waals surface area contributed by atoms with Crippen molar-refractivity contribution in [2.24, 2.45) is 0 Å². The summed E-state index contributed by atoms with van der Waals surface area (Å²) in [5, 5.41) is 15.5. The largest absolute Gasteiger partial charge is 0.438 e. The summed E-state index contributed by atoms with van der Waals surface area (Å²) < 4.78 is 6.20. The van der Waals surface area contributed by atoms with Gasteiger partial charge in [-0.25, -0.2) is 15.0 Å². The van der Waals surface area contributed by atoms with Crippen LogP contribution in [0.15, 0.2) is 91.3 Å². The van der Waals surface area contributed by atoms with E-state index in [0.29, 0.717) is 23.4 Å². The maximum absolute atomic E-state index is 6.20. The van der Waals surface area contributed by atoms with E-state index >= 15 is 0 Å². The van der Waals surface area contributed by atoms with Crippen LogP contribution < -0.4 is 15.4 Å². The molecule has 42 heavy (non-hydrogen) atoms. The highest BCUT2D eigenvalue weighted by Gasteiger charge is 2.13. The third kappa shape index (κ3) is 6.87. The van der Waals surface area contributed by atoms with Gasteiger partial charge in [0.1, 0.15) is 5.75 Å². The number of rotatable bonds is 11. The van der Waals surface area contributed by atoms with Gasteiger partial charge in [-0.1, -0.05) is 30.3 Å². The van der Waals surface area contributed by atoms with E-state index in [1.807, 2.05) is 85.8 Å². The molecule has 0 amide bonds. The number of hydrogen-bond donors (Lipinski definition) is 2. The van der Waals surface area contributed by atoms with E-state index < -0.39 is 0 Å². The zero-order chi connectivity index (χ0) is 28.6. The minimum Gasteiger partial charge on any atom is -0.438 e. The highest BCUT2D eigenvalue weighted by atomic mass is 16.5. The topological polar surface area (TPSA) is 101 Å². The van der Waals surface area contributed by atoms with Crippen molar-refractivity contribution in [3.05, 3.63) is 96.8 Å². The molecule has 0 saturated carbocycles. The summed E-state index contributed by atoms with van der Waals surface area (Å²) in [6.07, 6.45) is 7.17. The first kappa shape index (κ1) is 27.3. The first-order valence-corrected chi connectivity index (χ1v) is 14.4. The molecule has 0 atom stereocenters. The lowest BCUT2D eigenvalue weighted by molar-refractivity contribution is 0.337. The lowest BCUT2D eigenvalue weighted by Gasteiger charge is -2.14. The lowest BCUT2D eigenvalue weighted by atomic mass is 10.1. The molecule has 1 aliphatic heterocycles. The van der Waals surface area contributed by atoms with Gasteiger partial charge in [0.15, 0.2) is 5.82 Å². The maximum atomic E-state index is 6.20. The van der Waals surface area contributed by atoms with Crippen molar-refractivity contribution in [3.8, 4) is 34.1 Å².